The van der Waals surface area contributed by atoms with Crippen LogP contribution in [-0.4, -0.2) is 60.2 Å². The molecule has 3 rings (SSSR count). The first-order valence-electron chi connectivity index (χ1n) is 8.07. The number of hydrogen-bond acceptors (Lipinski definition) is 5. The molecule has 0 saturated carbocycles. The number of aryl methyl sites for hydroxylation is 1. The lowest BCUT2D eigenvalue weighted by molar-refractivity contribution is -0.130. The van der Waals surface area contributed by atoms with E-state index in [4.69, 9.17) is 4.74 Å². The normalized spacial score (nSPS) is 22.7. The average molecular weight is 304 g/mol. The molecule has 0 bridgehead atoms. The Morgan fingerprint density at radius 2 is 2.05 bits per heavy atom. The first-order valence-corrected chi connectivity index (χ1v) is 8.07. The van der Waals surface area contributed by atoms with Crippen LogP contribution < -0.4 is 4.90 Å². The highest BCUT2D eigenvalue weighted by molar-refractivity contribution is 5.73. The van der Waals surface area contributed by atoms with Crippen LogP contribution in [0.15, 0.2) is 6.07 Å². The van der Waals surface area contributed by atoms with Gasteiger partial charge in [0.2, 0.25) is 5.91 Å². The van der Waals surface area contributed by atoms with Gasteiger partial charge >= 0.3 is 0 Å². The zero-order valence-corrected chi connectivity index (χ0v) is 13.4. The van der Waals surface area contributed by atoms with Crippen LogP contribution in [0.1, 0.15) is 37.2 Å². The molecule has 6 heteroatoms. The highest BCUT2D eigenvalue weighted by atomic mass is 16.5. The van der Waals surface area contributed by atoms with Crippen LogP contribution in [0.4, 0.5) is 5.82 Å². The minimum absolute atomic E-state index is 0.156. The number of aromatic nitrogens is 2. The van der Waals surface area contributed by atoms with Crippen LogP contribution in [0.25, 0.3) is 0 Å². The Kier molecular flexibility index (Phi) is 4.57. The minimum atomic E-state index is 0.156. The van der Waals surface area contributed by atoms with Gasteiger partial charge in [0.15, 0.2) is 0 Å². The van der Waals surface area contributed by atoms with Crippen LogP contribution in [-0.2, 0) is 9.53 Å². The summed E-state index contributed by atoms with van der Waals surface area (Å²) in [6, 6.07) is 2.10. The monoisotopic (exact) mass is 304 g/mol. The summed E-state index contributed by atoms with van der Waals surface area (Å²) in [5.74, 6) is 2.27. The molecular formula is C16H24N4O2. The lowest BCUT2D eigenvalue weighted by Gasteiger charge is -2.33. The number of nitrogens with zero attached hydrogens (tertiary/aromatic N) is 4. The number of rotatable bonds is 2. The molecule has 1 atom stereocenters. The number of piperidine rings is 1. The van der Waals surface area contributed by atoms with Gasteiger partial charge < -0.3 is 14.5 Å². The Labute approximate surface area is 131 Å². The van der Waals surface area contributed by atoms with Crippen LogP contribution in [0.2, 0.25) is 0 Å². The quantitative estimate of drug-likeness (QED) is 0.825. The molecule has 2 aliphatic rings. The van der Waals surface area contributed by atoms with Crippen molar-refractivity contribution in [3.63, 3.8) is 0 Å². The van der Waals surface area contributed by atoms with Crippen LogP contribution in [0.5, 0.6) is 0 Å². The second kappa shape index (κ2) is 6.60. The smallest absolute Gasteiger partial charge is 0.219 e. The largest absolute Gasteiger partial charge is 0.378 e. The van der Waals surface area contributed by atoms with E-state index in [-0.39, 0.29) is 5.91 Å². The lowest BCUT2D eigenvalue weighted by atomic mass is 9.94. The molecule has 22 heavy (non-hydrogen) atoms. The molecule has 0 N–H and O–H groups in total. The van der Waals surface area contributed by atoms with Gasteiger partial charge in [0.25, 0.3) is 0 Å². The van der Waals surface area contributed by atoms with Crippen molar-refractivity contribution in [3.8, 4) is 0 Å². The Morgan fingerprint density at radius 1 is 1.27 bits per heavy atom. The van der Waals surface area contributed by atoms with Crippen molar-refractivity contribution in [2.75, 3.05) is 44.3 Å². The third-order valence-electron chi connectivity index (χ3n) is 4.46. The summed E-state index contributed by atoms with van der Waals surface area (Å²) >= 11 is 0. The predicted molar refractivity (Wildman–Crippen MR) is 84.0 cm³/mol. The second-order valence-electron chi connectivity index (χ2n) is 6.10. The summed E-state index contributed by atoms with van der Waals surface area (Å²) in [6.07, 6.45) is 2.13. The number of carbonyl (C=O) groups excluding carboxylic acids is 1. The summed E-state index contributed by atoms with van der Waals surface area (Å²) in [6.45, 7) is 8.48. The van der Waals surface area contributed by atoms with Crippen molar-refractivity contribution >= 4 is 11.7 Å². The second-order valence-corrected chi connectivity index (χ2v) is 6.10. The third-order valence-corrected chi connectivity index (χ3v) is 4.46. The highest BCUT2D eigenvalue weighted by Gasteiger charge is 2.25. The van der Waals surface area contributed by atoms with Crippen LogP contribution in [0.3, 0.4) is 0 Å². The van der Waals surface area contributed by atoms with Gasteiger partial charge in [0, 0.05) is 45.1 Å². The molecule has 0 spiro atoms. The minimum Gasteiger partial charge on any atom is -0.378 e. The molecule has 120 valence electrons. The standard InChI is InChI=1S/C16H24N4O2/c1-12-17-15(14-4-3-5-20(11-14)13(2)21)10-16(18-12)19-6-8-22-9-7-19/h10,14H,3-9,11H2,1-2H3/t14-/m1/s1. The summed E-state index contributed by atoms with van der Waals surface area (Å²) in [5, 5.41) is 0. The summed E-state index contributed by atoms with van der Waals surface area (Å²) in [7, 11) is 0. The lowest BCUT2D eigenvalue weighted by Crippen LogP contribution is -2.38. The van der Waals surface area contributed by atoms with Crippen molar-refractivity contribution < 1.29 is 9.53 Å². The van der Waals surface area contributed by atoms with E-state index < -0.39 is 0 Å². The maximum absolute atomic E-state index is 11.6. The van der Waals surface area contributed by atoms with Gasteiger partial charge in [0.05, 0.1) is 18.9 Å². The molecule has 2 saturated heterocycles. The summed E-state index contributed by atoms with van der Waals surface area (Å²) in [4.78, 5) is 25.0. The highest BCUT2D eigenvalue weighted by Crippen LogP contribution is 2.28. The fraction of sp³-hybridized carbons (Fsp3) is 0.688. The Balaban J connectivity index is 1.80. The first-order chi connectivity index (χ1) is 10.6. The fourth-order valence-electron chi connectivity index (χ4n) is 3.24. The number of morpholine rings is 1. The number of carbonyl (C=O) groups is 1. The van der Waals surface area contributed by atoms with Crippen LogP contribution >= 0.6 is 0 Å². The van der Waals surface area contributed by atoms with E-state index >= 15 is 0 Å². The van der Waals surface area contributed by atoms with E-state index in [0.717, 1.165) is 69.6 Å². The van der Waals surface area contributed by atoms with Gasteiger partial charge in [-0.2, -0.15) is 0 Å². The van der Waals surface area contributed by atoms with Crippen LogP contribution in [0, 0.1) is 6.92 Å². The van der Waals surface area contributed by atoms with E-state index in [0.29, 0.717) is 5.92 Å². The molecule has 6 nitrogen and oxygen atoms in total. The number of amides is 1. The zero-order chi connectivity index (χ0) is 15.5. The Bertz CT molecular complexity index is 543. The molecule has 3 heterocycles. The summed E-state index contributed by atoms with van der Waals surface area (Å²) < 4.78 is 5.41. The molecule has 1 aromatic rings. The molecule has 0 unspecified atom stereocenters. The van der Waals surface area contributed by atoms with E-state index in [9.17, 15) is 4.79 Å². The van der Waals surface area contributed by atoms with E-state index in [1.54, 1.807) is 6.92 Å². The van der Waals surface area contributed by atoms with E-state index in [2.05, 4.69) is 20.9 Å². The molecule has 0 radical (unpaired) electrons. The van der Waals surface area contributed by atoms with Gasteiger partial charge in [-0.3, -0.25) is 4.79 Å². The van der Waals surface area contributed by atoms with Gasteiger partial charge in [-0.25, -0.2) is 9.97 Å². The van der Waals surface area contributed by atoms with Crippen molar-refractivity contribution in [1.82, 2.24) is 14.9 Å². The molecule has 2 aliphatic heterocycles. The Hall–Kier alpha value is -1.69. The maximum atomic E-state index is 11.6. The molecular weight excluding hydrogens is 280 g/mol. The number of hydrogen-bond donors (Lipinski definition) is 0. The van der Waals surface area contributed by atoms with Gasteiger partial charge in [-0.15, -0.1) is 0 Å². The maximum Gasteiger partial charge on any atom is 0.219 e. The van der Waals surface area contributed by atoms with E-state index in [1.165, 1.54) is 0 Å². The number of likely N-dealkylation sites (tertiary alicyclic amines) is 1. The van der Waals surface area contributed by atoms with Gasteiger partial charge in [0.1, 0.15) is 11.6 Å². The fourth-order valence-corrected chi connectivity index (χ4v) is 3.24. The zero-order valence-electron chi connectivity index (χ0n) is 13.4. The topological polar surface area (TPSA) is 58.6 Å². The van der Waals surface area contributed by atoms with Gasteiger partial charge in [-0.1, -0.05) is 0 Å². The SMILES string of the molecule is CC(=O)N1CCC[C@@H](c2cc(N3CCOCC3)nc(C)n2)C1. The van der Waals surface area contributed by atoms with Gasteiger partial charge in [-0.05, 0) is 19.8 Å². The average Bonchev–Trinajstić information content (AvgIpc) is 2.55. The van der Waals surface area contributed by atoms with Crippen molar-refractivity contribution in [3.05, 3.63) is 17.6 Å². The molecule has 0 aliphatic carbocycles. The Morgan fingerprint density at radius 3 is 2.77 bits per heavy atom. The first kappa shape index (κ1) is 15.2. The summed E-state index contributed by atoms with van der Waals surface area (Å²) in [5.41, 5.74) is 1.07. The van der Waals surface area contributed by atoms with Crippen molar-refractivity contribution in [1.29, 1.82) is 0 Å². The molecule has 2 fully saturated rings. The van der Waals surface area contributed by atoms with Crippen molar-refractivity contribution in [2.24, 2.45) is 0 Å². The molecule has 1 aromatic heterocycles. The molecule has 1 amide bonds. The third kappa shape index (κ3) is 3.38. The number of anilines is 1. The number of ether oxygens (including phenoxy) is 1. The van der Waals surface area contributed by atoms with Crippen molar-refractivity contribution in [2.45, 2.75) is 32.6 Å². The predicted octanol–water partition coefficient (Wildman–Crippen LogP) is 1.35. The van der Waals surface area contributed by atoms with E-state index in [1.807, 2.05) is 11.8 Å². The molecule has 0 aromatic carbocycles.